The molecule has 1 aromatic carbocycles. The van der Waals surface area contributed by atoms with Crippen LogP contribution in [0.2, 0.25) is 0 Å². The van der Waals surface area contributed by atoms with Crippen molar-refractivity contribution in [2.24, 2.45) is 0 Å². The molecule has 23 heavy (non-hydrogen) atoms. The summed E-state index contributed by atoms with van der Waals surface area (Å²) < 4.78 is 29.0. The first-order valence-electron chi connectivity index (χ1n) is 7.73. The number of halogens is 5. The Morgan fingerprint density at radius 2 is 1.83 bits per heavy atom. The Bertz CT molecular complexity index is 472. The van der Waals surface area contributed by atoms with Gasteiger partial charge in [0.05, 0.1) is 4.47 Å². The summed E-state index contributed by atoms with van der Waals surface area (Å²) in [5.74, 6) is -0.884. The molecule has 1 atom stereocenters. The molecule has 0 unspecified atom stereocenters. The van der Waals surface area contributed by atoms with Crippen molar-refractivity contribution in [1.29, 1.82) is 0 Å². The van der Waals surface area contributed by atoms with E-state index < -0.39 is 11.6 Å². The zero-order valence-electron chi connectivity index (χ0n) is 13.3. The van der Waals surface area contributed by atoms with Gasteiger partial charge in [0.2, 0.25) is 0 Å². The topological polar surface area (TPSA) is 15.3 Å². The quantitative estimate of drug-likeness (QED) is 0.496. The van der Waals surface area contributed by atoms with E-state index in [0.29, 0.717) is 4.47 Å². The average Bonchev–Trinajstić information content (AvgIpc) is 2.51. The highest BCUT2D eigenvalue weighted by Gasteiger charge is 2.28. The van der Waals surface area contributed by atoms with E-state index in [9.17, 15) is 8.78 Å². The highest BCUT2D eigenvalue weighted by molar-refractivity contribution is 9.10. The molecule has 0 spiro atoms. The first-order valence-corrected chi connectivity index (χ1v) is 8.52. The second kappa shape index (κ2) is 11.6. The van der Waals surface area contributed by atoms with Crippen molar-refractivity contribution in [3.8, 4) is 0 Å². The number of unbranched alkanes of at least 4 members (excludes halogenated alkanes) is 2. The summed E-state index contributed by atoms with van der Waals surface area (Å²) in [5.41, 5.74) is 0.224. The van der Waals surface area contributed by atoms with Crippen LogP contribution >= 0.6 is 40.7 Å². The molecule has 134 valence electrons. The monoisotopic (exact) mass is 432 g/mol. The summed E-state index contributed by atoms with van der Waals surface area (Å²) in [6.07, 6.45) is 4.01. The van der Waals surface area contributed by atoms with Crippen molar-refractivity contribution >= 4 is 40.7 Å². The number of hydrogen-bond acceptors (Lipinski definition) is 2. The number of rotatable bonds is 6. The van der Waals surface area contributed by atoms with Gasteiger partial charge in [-0.1, -0.05) is 26.2 Å². The maximum absolute atomic E-state index is 14.4. The van der Waals surface area contributed by atoms with Crippen molar-refractivity contribution in [3.05, 3.63) is 33.8 Å². The zero-order valence-corrected chi connectivity index (χ0v) is 16.5. The van der Waals surface area contributed by atoms with Crippen LogP contribution < -0.4 is 5.32 Å². The standard InChI is InChI=1S/C16H23BrF2N2.2ClH/c1-2-3-4-5-14(21-10-8-20-9-11-21)15-13(18)7-6-12(17)16(15)19;;/h6-7,14,20H,2-5,8-11H2,1H3;2*1H/t14-;;/m1../s1. The maximum atomic E-state index is 14.4. The Kier molecular flexibility index (Phi) is 11.6. The third kappa shape index (κ3) is 6.13. The highest BCUT2D eigenvalue weighted by atomic mass is 79.9. The van der Waals surface area contributed by atoms with Gasteiger partial charge in [-0.15, -0.1) is 24.8 Å². The van der Waals surface area contributed by atoms with Crippen LogP contribution in [0.3, 0.4) is 0 Å². The predicted octanol–water partition coefficient (Wildman–Crippen LogP) is 5.10. The van der Waals surface area contributed by atoms with Gasteiger partial charge in [0.25, 0.3) is 0 Å². The molecule has 1 aromatic rings. The van der Waals surface area contributed by atoms with Gasteiger partial charge >= 0.3 is 0 Å². The molecule has 1 fully saturated rings. The number of nitrogens with zero attached hydrogens (tertiary/aromatic N) is 1. The largest absolute Gasteiger partial charge is 0.314 e. The number of piperazine rings is 1. The number of nitrogens with one attached hydrogen (secondary N) is 1. The second-order valence-corrected chi connectivity index (χ2v) is 6.41. The van der Waals surface area contributed by atoms with Gasteiger partial charge in [0.1, 0.15) is 11.6 Å². The molecule has 1 aliphatic rings. The third-order valence-electron chi connectivity index (χ3n) is 4.09. The van der Waals surface area contributed by atoms with Crippen molar-refractivity contribution in [3.63, 3.8) is 0 Å². The van der Waals surface area contributed by atoms with E-state index in [1.807, 2.05) is 0 Å². The van der Waals surface area contributed by atoms with Gasteiger partial charge in [0, 0.05) is 37.8 Å². The van der Waals surface area contributed by atoms with Crippen molar-refractivity contribution in [2.75, 3.05) is 26.2 Å². The van der Waals surface area contributed by atoms with Crippen LogP contribution in [0.25, 0.3) is 0 Å². The maximum Gasteiger partial charge on any atom is 0.145 e. The Morgan fingerprint density at radius 1 is 1.17 bits per heavy atom. The van der Waals surface area contributed by atoms with Gasteiger partial charge in [-0.3, -0.25) is 4.90 Å². The summed E-state index contributed by atoms with van der Waals surface area (Å²) in [5, 5.41) is 3.29. The lowest BCUT2D eigenvalue weighted by molar-refractivity contribution is 0.156. The zero-order chi connectivity index (χ0) is 15.2. The Labute approximate surface area is 158 Å². The second-order valence-electron chi connectivity index (χ2n) is 5.55. The molecule has 2 nitrogen and oxygen atoms in total. The van der Waals surface area contributed by atoms with Crippen LogP contribution in [-0.2, 0) is 0 Å². The summed E-state index contributed by atoms with van der Waals surface area (Å²) >= 11 is 3.18. The van der Waals surface area contributed by atoms with E-state index >= 15 is 0 Å². The molecule has 1 N–H and O–H groups in total. The minimum absolute atomic E-state index is 0. The molecule has 1 heterocycles. The fourth-order valence-electron chi connectivity index (χ4n) is 2.94. The van der Waals surface area contributed by atoms with Crippen LogP contribution in [0.5, 0.6) is 0 Å². The van der Waals surface area contributed by atoms with Crippen molar-refractivity contribution in [2.45, 2.75) is 38.6 Å². The third-order valence-corrected chi connectivity index (χ3v) is 4.70. The van der Waals surface area contributed by atoms with E-state index in [2.05, 4.69) is 33.1 Å². The van der Waals surface area contributed by atoms with Gasteiger partial charge in [-0.05, 0) is 34.5 Å². The predicted molar refractivity (Wildman–Crippen MR) is 99.9 cm³/mol. The van der Waals surface area contributed by atoms with Gasteiger partial charge in [-0.2, -0.15) is 0 Å². The van der Waals surface area contributed by atoms with Crippen molar-refractivity contribution in [1.82, 2.24) is 10.2 Å². The van der Waals surface area contributed by atoms with Gasteiger partial charge in [-0.25, -0.2) is 8.78 Å². The SMILES string of the molecule is CCCCC[C@H](c1c(F)ccc(Br)c1F)N1CCNCC1.Cl.Cl. The fraction of sp³-hybridized carbons (Fsp3) is 0.625. The van der Waals surface area contributed by atoms with E-state index in [4.69, 9.17) is 0 Å². The van der Waals surface area contributed by atoms with Crippen LogP contribution in [0.4, 0.5) is 8.78 Å². The van der Waals surface area contributed by atoms with Gasteiger partial charge < -0.3 is 5.32 Å². The van der Waals surface area contributed by atoms with Crippen LogP contribution in [0.15, 0.2) is 16.6 Å². The molecular weight excluding hydrogens is 409 g/mol. The Hall–Kier alpha value is 0.0600. The smallest absolute Gasteiger partial charge is 0.145 e. The highest BCUT2D eigenvalue weighted by Crippen LogP contribution is 2.33. The first kappa shape index (κ1) is 23.1. The lowest BCUT2D eigenvalue weighted by Gasteiger charge is -2.35. The molecular formula is C16H25BrCl2F2N2. The summed E-state index contributed by atoms with van der Waals surface area (Å²) in [4.78, 5) is 2.21. The molecule has 0 aromatic heterocycles. The van der Waals surface area contributed by atoms with Gasteiger partial charge in [0.15, 0.2) is 0 Å². The lowest BCUT2D eigenvalue weighted by Crippen LogP contribution is -2.45. The van der Waals surface area contributed by atoms with Crippen molar-refractivity contribution < 1.29 is 8.78 Å². The van der Waals surface area contributed by atoms with E-state index in [1.165, 1.54) is 12.1 Å². The average molecular weight is 434 g/mol. The fourth-order valence-corrected chi connectivity index (χ4v) is 3.28. The molecule has 1 aliphatic heterocycles. The Morgan fingerprint density at radius 3 is 2.43 bits per heavy atom. The summed E-state index contributed by atoms with van der Waals surface area (Å²) in [6, 6.07) is 2.63. The Balaban J connectivity index is 0.00000242. The number of benzene rings is 1. The molecule has 0 saturated carbocycles. The molecule has 0 radical (unpaired) electrons. The minimum atomic E-state index is -0.449. The van der Waals surface area contributed by atoms with E-state index in [1.54, 1.807) is 0 Å². The van der Waals surface area contributed by atoms with E-state index in [0.717, 1.165) is 51.9 Å². The normalized spacial score (nSPS) is 16.3. The molecule has 7 heteroatoms. The van der Waals surface area contributed by atoms with Crippen LogP contribution in [0, 0.1) is 11.6 Å². The molecule has 1 saturated heterocycles. The lowest BCUT2D eigenvalue weighted by atomic mass is 9.97. The molecule has 0 amide bonds. The molecule has 0 bridgehead atoms. The first-order chi connectivity index (χ1) is 10.1. The minimum Gasteiger partial charge on any atom is -0.314 e. The molecule has 0 aliphatic carbocycles. The van der Waals surface area contributed by atoms with Crippen LogP contribution in [0.1, 0.15) is 44.2 Å². The number of hydrogen-bond donors (Lipinski definition) is 1. The van der Waals surface area contributed by atoms with E-state index in [-0.39, 0.29) is 36.4 Å². The van der Waals surface area contributed by atoms with Crippen LogP contribution in [-0.4, -0.2) is 31.1 Å². The molecule has 2 rings (SSSR count). The summed E-state index contributed by atoms with van der Waals surface area (Å²) in [6.45, 7) is 5.56. The summed E-state index contributed by atoms with van der Waals surface area (Å²) in [7, 11) is 0.